The van der Waals surface area contributed by atoms with Crippen LogP contribution in [0, 0.1) is 6.92 Å². The van der Waals surface area contributed by atoms with Crippen molar-refractivity contribution in [2.45, 2.75) is 39.5 Å². The van der Waals surface area contributed by atoms with Gasteiger partial charge in [0.2, 0.25) is 0 Å². The second-order valence-corrected chi connectivity index (χ2v) is 7.45. The molecule has 0 atom stereocenters. The minimum absolute atomic E-state index is 0.0542. The molecule has 1 amide bonds. The van der Waals surface area contributed by atoms with Crippen molar-refractivity contribution in [3.05, 3.63) is 59.7 Å². The maximum absolute atomic E-state index is 11.9. The lowest BCUT2D eigenvalue weighted by Crippen LogP contribution is -2.21. The molecule has 27 heavy (non-hydrogen) atoms. The number of ether oxygens (including phenoxy) is 2. The Balaban J connectivity index is 1.69. The second kappa shape index (κ2) is 9.21. The van der Waals surface area contributed by atoms with E-state index in [-0.39, 0.29) is 31.0 Å². The zero-order chi connectivity index (χ0) is 19.9. The molecule has 1 N–H and O–H groups in total. The van der Waals surface area contributed by atoms with Crippen LogP contribution in [0.15, 0.2) is 48.5 Å². The van der Waals surface area contributed by atoms with Gasteiger partial charge in [-0.1, -0.05) is 45.0 Å². The molecule has 0 aliphatic carbocycles. The number of hydrogen-bond acceptors (Lipinski definition) is 4. The number of esters is 1. The molecule has 0 heterocycles. The number of rotatable bonds is 7. The fourth-order valence-electron chi connectivity index (χ4n) is 2.43. The first-order valence-electron chi connectivity index (χ1n) is 8.99. The minimum Gasteiger partial charge on any atom is -0.493 e. The predicted molar refractivity (Wildman–Crippen MR) is 106 cm³/mol. The van der Waals surface area contributed by atoms with Gasteiger partial charge in [-0.25, -0.2) is 0 Å². The Morgan fingerprint density at radius 1 is 1.04 bits per heavy atom. The van der Waals surface area contributed by atoms with Crippen molar-refractivity contribution in [2.75, 3.05) is 18.5 Å². The van der Waals surface area contributed by atoms with Crippen molar-refractivity contribution in [1.29, 1.82) is 0 Å². The first kappa shape index (κ1) is 20.5. The van der Waals surface area contributed by atoms with Gasteiger partial charge in [0, 0.05) is 5.69 Å². The van der Waals surface area contributed by atoms with E-state index in [1.165, 1.54) is 5.56 Å². The summed E-state index contributed by atoms with van der Waals surface area (Å²) in [6.45, 7) is 8.24. The standard InChI is InChI=1S/C22H27NO4/c1-16-6-5-7-19(14-16)26-13-12-21(25)27-15-20(24)23-18-10-8-17(9-11-18)22(2,3)4/h5-11,14H,12-13,15H2,1-4H3,(H,23,24). The zero-order valence-corrected chi connectivity index (χ0v) is 16.4. The lowest BCUT2D eigenvalue weighted by atomic mass is 9.87. The Kier molecular flexibility index (Phi) is 6.99. The van der Waals surface area contributed by atoms with Gasteiger partial charge in [-0.05, 0) is 47.7 Å². The van der Waals surface area contributed by atoms with Crippen molar-refractivity contribution in [3.8, 4) is 5.75 Å². The van der Waals surface area contributed by atoms with Gasteiger partial charge < -0.3 is 14.8 Å². The average molecular weight is 369 g/mol. The molecule has 0 saturated carbocycles. The van der Waals surface area contributed by atoms with Gasteiger partial charge in [0.05, 0.1) is 13.0 Å². The van der Waals surface area contributed by atoms with Crippen molar-refractivity contribution in [1.82, 2.24) is 0 Å². The third-order valence-corrected chi connectivity index (χ3v) is 3.96. The summed E-state index contributed by atoms with van der Waals surface area (Å²) in [5.41, 5.74) is 2.99. The molecule has 0 unspecified atom stereocenters. The van der Waals surface area contributed by atoms with Crippen molar-refractivity contribution in [2.24, 2.45) is 0 Å². The van der Waals surface area contributed by atoms with Crippen molar-refractivity contribution < 1.29 is 19.1 Å². The topological polar surface area (TPSA) is 64.6 Å². The third-order valence-electron chi connectivity index (χ3n) is 3.96. The van der Waals surface area contributed by atoms with Crippen LogP contribution in [0.5, 0.6) is 5.75 Å². The lowest BCUT2D eigenvalue weighted by Gasteiger charge is -2.19. The number of nitrogens with one attached hydrogen (secondary N) is 1. The van der Waals surface area contributed by atoms with E-state index < -0.39 is 5.97 Å². The Morgan fingerprint density at radius 3 is 2.37 bits per heavy atom. The van der Waals surface area contributed by atoms with Gasteiger partial charge in [-0.15, -0.1) is 0 Å². The largest absolute Gasteiger partial charge is 0.493 e. The van der Waals surface area contributed by atoms with Crippen LogP contribution >= 0.6 is 0 Å². The molecule has 5 nitrogen and oxygen atoms in total. The summed E-state index contributed by atoms with van der Waals surface area (Å²) in [7, 11) is 0. The number of hydrogen-bond donors (Lipinski definition) is 1. The summed E-state index contributed by atoms with van der Waals surface area (Å²) in [5, 5.41) is 2.72. The Morgan fingerprint density at radius 2 is 1.74 bits per heavy atom. The molecular formula is C22H27NO4. The van der Waals surface area contributed by atoms with E-state index in [4.69, 9.17) is 9.47 Å². The van der Waals surface area contributed by atoms with Crippen LogP contribution in [-0.2, 0) is 19.7 Å². The van der Waals surface area contributed by atoms with Gasteiger partial charge in [-0.3, -0.25) is 9.59 Å². The van der Waals surface area contributed by atoms with E-state index in [0.717, 1.165) is 5.56 Å². The fourth-order valence-corrected chi connectivity index (χ4v) is 2.43. The number of carbonyl (C=O) groups is 2. The summed E-state index contributed by atoms with van der Waals surface area (Å²) in [4.78, 5) is 23.6. The van der Waals surface area contributed by atoms with Gasteiger partial charge in [0.15, 0.2) is 6.61 Å². The summed E-state index contributed by atoms with van der Waals surface area (Å²) in [6, 6.07) is 15.2. The van der Waals surface area contributed by atoms with Gasteiger partial charge in [0.1, 0.15) is 5.75 Å². The molecule has 0 spiro atoms. The Bertz CT molecular complexity index is 776. The summed E-state index contributed by atoms with van der Waals surface area (Å²) >= 11 is 0. The van der Waals surface area contributed by atoms with E-state index in [1.807, 2.05) is 55.5 Å². The molecule has 0 bridgehead atoms. The molecule has 2 aromatic carbocycles. The number of anilines is 1. The number of aryl methyl sites for hydroxylation is 1. The molecule has 2 rings (SSSR count). The monoisotopic (exact) mass is 369 g/mol. The maximum Gasteiger partial charge on any atom is 0.309 e. The number of benzene rings is 2. The molecular weight excluding hydrogens is 342 g/mol. The van der Waals surface area contributed by atoms with Crippen LogP contribution in [0.4, 0.5) is 5.69 Å². The smallest absolute Gasteiger partial charge is 0.309 e. The van der Waals surface area contributed by atoms with Gasteiger partial charge in [-0.2, -0.15) is 0 Å². The molecule has 0 fully saturated rings. The SMILES string of the molecule is Cc1cccc(OCCC(=O)OCC(=O)Nc2ccc(C(C)(C)C)cc2)c1. The summed E-state index contributed by atoms with van der Waals surface area (Å²) < 4.78 is 10.5. The molecule has 0 aromatic heterocycles. The molecule has 0 aliphatic heterocycles. The highest BCUT2D eigenvalue weighted by molar-refractivity contribution is 5.92. The van der Waals surface area contributed by atoms with Crippen LogP contribution in [0.2, 0.25) is 0 Å². The van der Waals surface area contributed by atoms with Gasteiger partial charge >= 0.3 is 5.97 Å². The van der Waals surface area contributed by atoms with Crippen LogP contribution < -0.4 is 10.1 Å². The molecule has 5 heteroatoms. The van der Waals surface area contributed by atoms with E-state index >= 15 is 0 Å². The average Bonchev–Trinajstić information content (AvgIpc) is 2.60. The van der Waals surface area contributed by atoms with Crippen LogP contribution in [0.25, 0.3) is 0 Å². The summed E-state index contributed by atoms with van der Waals surface area (Å²) in [5.74, 6) is -0.133. The molecule has 0 aliphatic rings. The van der Waals surface area contributed by atoms with Crippen LogP contribution in [-0.4, -0.2) is 25.1 Å². The Hall–Kier alpha value is -2.82. The highest BCUT2D eigenvalue weighted by atomic mass is 16.5. The van der Waals surface area contributed by atoms with Crippen molar-refractivity contribution in [3.63, 3.8) is 0 Å². The molecule has 0 saturated heterocycles. The quantitative estimate of drug-likeness (QED) is 0.741. The molecule has 0 radical (unpaired) electrons. The van der Waals surface area contributed by atoms with Crippen LogP contribution in [0.1, 0.15) is 38.3 Å². The van der Waals surface area contributed by atoms with Crippen molar-refractivity contribution >= 4 is 17.6 Å². The number of amides is 1. The summed E-state index contributed by atoms with van der Waals surface area (Å²) in [6.07, 6.45) is 0.0848. The van der Waals surface area contributed by atoms with E-state index in [0.29, 0.717) is 11.4 Å². The first-order chi connectivity index (χ1) is 12.7. The first-order valence-corrected chi connectivity index (χ1v) is 8.99. The highest BCUT2D eigenvalue weighted by Gasteiger charge is 2.13. The minimum atomic E-state index is -0.471. The predicted octanol–water partition coefficient (Wildman–Crippen LogP) is 4.24. The van der Waals surface area contributed by atoms with E-state index in [2.05, 4.69) is 26.1 Å². The zero-order valence-electron chi connectivity index (χ0n) is 16.4. The molecule has 2 aromatic rings. The second-order valence-electron chi connectivity index (χ2n) is 7.45. The lowest BCUT2D eigenvalue weighted by molar-refractivity contribution is -0.147. The fraction of sp³-hybridized carbons (Fsp3) is 0.364. The Labute approximate surface area is 160 Å². The van der Waals surface area contributed by atoms with E-state index in [1.54, 1.807) is 0 Å². The van der Waals surface area contributed by atoms with Gasteiger partial charge in [0.25, 0.3) is 5.91 Å². The third kappa shape index (κ3) is 7.13. The normalized spacial score (nSPS) is 11.0. The number of carbonyl (C=O) groups excluding carboxylic acids is 2. The highest BCUT2D eigenvalue weighted by Crippen LogP contribution is 2.23. The maximum atomic E-state index is 11.9. The van der Waals surface area contributed by atoms with E-state index in [9.17, 15) is 9.59 Å². The van der Waals surface area contributed by atoms with Crippen LogP contribution in [0.3, 0.4) is 0 Å². The molecule has 144 valence electrons.